The van der Waals surface area contributed by atoms with E-state index < -0.39 is 24.2 Å². The smallest absolute Gasteiger partial charge is 0.229 e. The number of hydrogen-bond acceptors (Lipinski definition) is 12. The van der Waals surface area contributed by atoms with Gasteiger partial charge in [0.2, 0.25) is 11.8 Å². The molecule has 0 aliphatic heterocycles. The molecule has 176 valence electrons. The molecule has 1 fully saturated rings. The monoisotopic (exact) mass is 481 g/mol. The fourth-order valence-corrected chi connectivity index (χ4v) is 4.90. The maximum absolute atomic E-state index is 10.5. The zero-order valence-corrected chi connectivity index (χ0v) is 19.0. The predicted octanol–water partition coefficient (Wildman–Crippen LogP) is 1.81. The molecule has 0 saturated heterocycles. The molecular formula is C22H23N7O4S. The van der Waals surface area contributed by atoms with Crippen LogP contribution in [0.2, 0.25) is 0 Å². The van der Waals surface area contributed by atoms with Crippen LogP contribution < -0.4 is 15.4 Å². The van der Waals surface area contributed by atoms with Gasteiger partial charge in [0.1, 0.15) is 16.9 Å². The molecule has 4 aromatic heterocycles. The summed E-state index contributed by atoms with van der Waals surface area (Å²) in [6.45, 7) is -0.214. The summed E-state index contributed by atoms with van der Waals surface area (Å²) < 4.78 is 6.09. The molecule has 0 aromatic carbocycles. The van der Waals surface area contributed by atoms with Crippen molar-refractivity contribution in [1.29, 1.82) is 0 Å². The molecule has 4 heterocycles. The lowest BCUT2D eigenvalue weighted by molar-refractivity contribution is 0.00446. The SMILES string of the molecule is COc1cc(Nc2ncc(-c3nc4ccncc4s3)c(N[C@@H]3C[C@H](CO)[C@@H](O)[C@H]3O)n2)ccn1. The van der Waals surface area contributed by atoms with Crippen molar-refractivity contribution in [3.05, 3.63) is 43.0 Å². The summed E-state index contributed by atoms with van der Waals surface area (Å²) in [5, 5.41) is 37.4. The molecule has 1 aliphatic rings. The average Bonchev–Trinajstić information content (AvgIpc) is 3.40. The second-order valence-electron chi connectivity index (χ2n) is 7.94. The number of fused-ring (bicyclic) bond motifs is 1. The third-order valence-electron chi connectivity index (χ3n) is 5.77. The van der Waals surface area contributed by atoms with Gasteiger partial charge in [0.15, 0.2) is 0 Å². The van der Waals surface area contributed by atoms with Crippen molar-refractivity contribution < 1.29 is 20.1 Å². The Morgan fingerprint density at radius 1 is 1.12 bits per heavy atom. The maximum Gasteiger partial charge on any atom is 0.229 e. The number of rotatable bonds is 7. The summed E-state index contributed by atoms with van der Waals surface area (Å²) in [5.41, 5.74) is 2.14. The third kappa shape index (κ3) is 4.35. The largest absolute Gasteiger partial charge is 0.481 e. The second kappa shape index (κ2) is 9.43. The van der Waals surface area contributed by atoms with Crippen molar-refractivity contribution in [3.63, 3.8) is 0 Å². The van der Waals surface area contributed by atoms with E-state index in [-0.39, 0.29) is 6.61 Å². The molecule has 5 N–H and O–H groups in total. The Balaban J connectivity index is 1.51. The Morgan fingerprint density at radius 3 is 2.76 bits per heavy atom. The van der Waals surface area contributed by atoms with Crippen LogP contribution in [0.1, 0.15) is 6.42 Å². The number of aliphatic hydroxyl groups excluding tert-OH is 3. The molecule has 0 spiro atoms. The minimum Gasteiger partial charge on any atom is -0.481 e. The Morgan fingerprint density at radius 2 is 2.00 bits per heavy atom. The van der Waals surface area contributed by atoms with Crippen LogP contribution in [-0.4, -0.2) is 72.2 Å². The molecule has 12 heteroatoms. The number of aromatic nitrogens is 5. The summed E-state index contributed by atoms with van der Waals surface area (Å²) >= 11 is 1.45. The first-order valence-corrected chi connectivity index (χ1v) is 11.5. The lowest BCUT2D eigenvalue weighted by Gasteiger charge is -2.20. The van der Waals surface area contributed by atoms with E-state index >= 15 is 0 Å². The molecule has 0 unspecified atom stereocenters. The molecule has 0 amide bonds. The number of methoxy groups -OCH3 is 1. The molecule has 1 aliphatic carbocycles. The highest BCUT2D eigenvalue weighted by molar-refractivity contribution is 7.21. The van der Waals surface area contributed by atoms with Crippen LogP contribution >= 0.6 is 11.3 Å². The van der Waals surface area contributed by atoms with Gasteiger partial charge in [-0.2, -0.15) is 4.98 Å². The lowest BCUT2D eigenvalue weighted by atomic mass is 10.1. The second-order valence-corrected chi connectivity index (χ2v) is 8.97. The van der Waals surface area contributed by atoms with Gasteiger partial charge in [-0.15, -0.1) is 11.3 Å². The standard InChI is InChI=1S/C22H23N7O4S/c1-33-17-7-12(2-5-24-17)26-22-25-8-13(21-28-14-3-4-23-9-16(14)34-21)20(29-22)27-15-6-11(10-30)18(31)19(15)32/h2-5,7-9,11,15,18-19,30-32H,6,10H2,1H3,(H2,24,25,26,27,29)/t11-,15-,18-,19+/m1/s1. The summed E-state index contributed by atoms with van der Waals surface area (Å²) in [7, 11) is 1.54. The molecule has 34 heavy (non-hydrogen) atoms. The first-order valence-electron chi connectivity index (χ1n) is 10.6. The molecule has 11 nitrogen and oxygen atoms in total. The van der Waals surface area contributed by atoms with Gasteiger partial charge in [-0.1, -0.05) is 0 Å². The van der Waals surface area contributed by atoms with E-state index in [4.69, 9.17) is 4.74 Å². The Bertz CT molecular complexity index is 1270. The lowest BCUT2D eigenvalue weighted by Crippen LogP contribution is -2.35. The summed E-state index contributed by atoms with van der Waals surface area (Å²) in [4.78, 5) is 22.0. The van der Waals surface area contributed by atoms with Crippen molar-refractivity contribution in [3.8, 4) is 16.5 Å². The number of ether oxygens (including phenoxy) is 1. The molecule has 5 rings (SSSR count). The third-order valence-corrected chi connectivity index (χ3v) is 6.81. The van der Waals surface area contributed by atoms with E-state index in [1.165, 1.54) is 18.4 Å². The van der Waals surface area contributed by atoms with E-state index in [2.05, 4.69) is 35.6 Å². The molecule has 0 bridgehead atoms. The van der Waals surface area contributed by atoms with Crippen LogP contribution in [-0.2, 0) is 0 Å². The summed E-state index contributed by atoms with van der Waals surface area (Å²) in [5.74, 6) is 0.781. The zero-order valence-electron chi connectivity index (χ0n) is 18.2. The highest BCUT2D eigenvalue weighted by atomic mass is 32.1. The molecule has 1 saturated carbocycles. The number of anilines is 3. The fourth-order valence-electron chi connectivity index (χ4n) is 3.96. The van der Waals surface area contributed by atoms with E-state index in [0.717, 1.165) is 10.2 Å². The van der Waals surface area contributed by atoms with E-state index in [9.17, 15) is 15.3 Å². The Hall–Kier alpha value is -3.45. The normalized spacial score (nSPS) is 22.1. The average molecular weight is 482 g/mol. The molecular weight excluding hydrogens is 458 g/mol. The quantitative estimate of drug-likeness (QED) is 0.262. The number of thiazole rings is 1. The maximum atomic E-state index is 10.5. The van der Waals surface area contributed by atoms with Gasteiger partial charge in [-0.3, -0.25) is 4.98 Å². The molecule has 0 radical (unpaired) electrons. The van der Waals surface area contributed by atoms with Crippen LogP contribution in [0.5, 0.6) is 5.88 Å². The topological polar surface area (TPSA) is 158 Å². The highest BCUT2D eigenvalue weighted by Crippen LogP contribution is 2.36. The van der Waals surface area contributed by atoms with Crippen LogP contribution in [0.25, 0.3) is 20.8 Å². The van der Waals surface area contributed by atoms with E-state index in [1.54, 1.807) is 36.9 Å². The van der Waals surface area contributed by atoms with Crippen LogP contribution in [0.4, 0.5) is 17.5 Å². The highest BCUT2D eigenvalue weighted by Gasteiger charge is 2.41. The number of pyridine rings is 2. The first kappa shape index (κ1) is 22.3. The van der Waals surface area contributed by atoms with E-state index in [1.807, 2.05) is 6.07 Å². The number of hydrogen-bond donors (Lipinski definition) is 5. The van der Waals surface area contributed by atoms with Crippen LogP contribution in [0.15, 0.2) is 43.0 Å². The van der Waals surface area contributed by atoms with Gasteiger partial charge in [-0.05, 0) is 18.6 Å². The zero-order chi connectivity index (χ0) is 23.7. The minimum atomic E-state index is -1.06. The van der Waals surface area contributed by atoms with Gasteiger partial charge in [0, 0.05) is 49.1 Å². The van der Waals surface area contributed by atoms with Crippen molar-refractivity contribution in [2.45, 2.75) is 24.7 Å². The van der Waals surface area contributed by atoms with E-state index in [0.29, 0.717) is 40.3 Å². The number of nitrogens with zero attached hydrogens (tertiary/aromatic N) is 5. The molecule has 4 aromatic rings. The first-order chi connectivity index (χ1) is 16.6. The number of aliphatic hydroxyl groups is 3. The van der Waals surface area contributed by atoms with Gasteiger partial charge in [0.05, 0.1) is 35.0 Å². The van der Waals surface area contributed by atoms with Crippen molar-refractivity contribution in [2.75, 3.05) is 24.4 Å². The van der Waals surface area contributed by atoms with Crippen molar-refractivity contribution in [1.82, 2.24) is 24.9 Å². The van der Waals surface area contributed by atoms with Crippen molar-refractivity contribution >= 4 is 39.0 Å². The van der Waals surface area contributed by atoms with Gasteiger partial charge < -0.3 is 30.7 Å². The number of nitrogens with one attached hydrogen (secondary N) is 2. The van der Waals surface area contributed by atoms with Crippen molar-refractivity contribution in [2.24, 2.45) is 5.92 Å². The predicted molar refractivity (Wildman–Crippen MR) is 127 cm³/mol. The van der Waals surface area contributed by atoms with Crippen LogP contribution in [0, 0.1) is 5.92 Å². The summed E-state index contributed by atoms with van der Waals surface area (Å²) in [6.07, 6.45) is 5.00. The molecule has 4 atom stereocenters. The minimum absolute atomic E-state index is 0.214. The van der Waals surface area contributed by atoms with Gasteiger partial charge in [-0.25, -0.2) is 15.0 Å². The van der Waals surface area contributed by atoms with Gasteiger partial charge in [0.25, 0.3) is 0 Å². The summed E-state index contributed by atoms with van der Waals surface area (Å²) in [6, 6.07) is 4.80. The van der Waals surface area contributed by atoms with Crippen LogP contribution in [0.3, 0.4) is 0 Å². The fraction of sp³-hybridized carbons (Fsp3) is 0.318. The Kier molecular flexibility index (Phi) is 6.20. The van der Waals surface area contributed by atoms with Gasteiger partial charge >= 0.3 is 0 Å². The Labute approximate surface area is 198 Å².